The summed E-state index contributed by atoms with van der Waals surface area (Å²) in [4.78, 5) is 13.1. The van der Waals surface area contributed by atoms with Gasteiger partial charge in [0, 0.05) is 0 Å². The number of aliphatic hydroxyl groups is 5. The summed E-state index contributed by atoms with van der Waals surface area (Å²) in [5, 5.41) is 55.1. The second kappa shape index (κ2) is 37.0. The van der Waals surface area contributed by atoms with Gasteiger partial charge in [0.25, 0.3) is 0 Å². The van der Waals surface area contributed by atoms with Crippen LogP contribution in [0.25, 0.3) is 0 Å². The number of nitrogens with one attached hydrogen (secondary N) is 1. The van der Waals surface area contributed by atoms with Crippen LogP contribution in [0.3, 0.4) is 0 Å². The Balaban J connectivity index is 2.55. The molecule has 1 aliphatic heterocycles. The topological polar surface area (TPSA) is 212 Å². The molecular weight excluding hydrogens is 791 g/mol. The zero-order chi connectivity index (χ0) is 44.3. The van der Waals surface area contributed by atoms with E-state index in [0.29, 0.717) is 12.8 Å². The molecule has 0 bridgehead atoms. The van der Waals surface area contributed by atoms with Crippen LogP contribution in [0.4, 0.5) is 0 Å². The van der Waals surface area contributed by atoms with Crippen molar-refractivity contribution in [1.82, 2.24) is 5.32 Å². The molecule has 8 unspecified atom stereocenters. The summed E-state index contributed by atoms with van der Waals surface area (Å²) >= 11 is 0. The number of ether oxygens (including phenoxy) is 2. The second-order valence-electron chi connectivity index (χ2n) is 16.8. The van der Waals surface area contributed by atoms with Gasteiger partial charge in [-0.3, -0.25) is 9.35 Å². The zero-order valence-corrected chi connectivity index (χ0v) is 38.2. The molecule has 0 spiro atoms. The van der Waals surface area contributed by atoms with Crippen LogP contribution in [0.2, 0.25) is 0 Å². The van der Waals surface area contributed by atoms with Crippen LogP contribution in [0.1, 0.15) is 200 Å². The Morgan fingerprint density at radius 1 is 0.667 bits per heavy atom. The van der Waals surface area contributed by atoms with Crippen LogP contribution in [0.15, 0.2) is 24.3 Å². The van der Waals surface area contributed by atoms with Gasteiger partial charge in [0.1, 0.15) is 30.5 Å². The van der Waals surface area contributed by atoms with Crippen LogP contribution < -0.4 is 5.32 Å². The number of hydrogen-bond acceptors (Lipinski definition) is 11. The highest BCUT2D eigenvalue weighted by molar-refractivity contribution is 7.80. The van der Waals surface area contributed by atoms with Crippen molar-refractivity contribution in [2.75, 3.05) is 13.2 Å². The molecule has 354 valence electrons. The number of unbranched alkanes of at least 4 members (excludes halogenated alkanes) is 25. The fourth-order valence-electron chi connectivity index (χ4n) is 7.51. The Morgan fingerprint density at radius 2 is 1.10 bits per heavy atom. The third-order valence-corrected chi connectivity index (χ3v) is 11.8. The van der Waals surface area contributed by atoms with Gasteiger partial charge >= 0.3 is 10.4 Å². The third kappa shape index (κ3) is 29.0. The van der Waals surface area contributed by atoms with Gasteiger partial charge in [-0.25, -0.2) is 4.18 Å². The molecule has 0 aromatic carbocycles. The number of amides is 1. The smallest absolute Gasteiger partial charge is 0.394 e. The first kappa shape index (κ1) is 56.6. The lowest BCUT2D eigenvalue weighted by Gasteiger charge is -2.41. The summed E-state index contributed by atoms with van der Waals surface area (Å²) < 4.78 is 47.5. The number of carbonyl (C=O) groups excluding carboxylic acids is 1. The highest BCUT2D eigenvalue weighted by Crippen LogP contribution is 2.26. The van der Waals surface area contributed by atoms with Crippen LogP contribution >= 0.6 is 0 Å². The Labute approximate surface area is 364 Å². The third-order valence-electron chi connectivity index (χ3n) is 11.3. The molecule has 0 aromatic heterocycles. The molecular formula is C46H87NO12S. The number of hydrogen-bond donors (Lipinski definition) is 7. The van der Waals surface area contributed by atoms with Crippen LogP contribution in [-0.4, -0.2) is 107 Å². The summed E-state index contributed by atoms with van der Waals surface area (Å²) in [6.07, 6.45) is 29.8. The van der Waals surface area contributed by atoms with E-state index in [2.05, 4.69) is 35.5 Å². The molecule has 0 radical (unpaired) electrons. The van der Waals surface area contributed by atoms with Crippen LogP contribution in [0, 0.1) is 0 Å². The van der Waals surface area contributed by atoms with Gasteiger partial charge in [0.05, 0.1) is 25.4 Å². The van der Waals surface area contributed by atoms with E-state index in [9.17, 15) is 43.3 Å². The molecule has 0 aliphatic carbocycles. The lowest BCUT2D eigenvalue weighted by Crippen LogP contribution is -2.61. The van der Waals surface area contributed by atoms with E-state index in [-0.39, 0.29) is 6.42 Å². The van der Waals surface area contributed by atoms with Gasteiger partial charge in [0.15, 0.2) is 6.29 Å². The maximum absolute atomic E-state index is 13.1. The van der Waals surface area contributed by atoms with E-state index < -0.39 is 78.5 Å². The van der Waals surface area contributed by atoms with E-state index >= 15 is 0 Å². The quantitative estimate of drug-likeness (QED) is 0.0176. The molecule has 0 aromatic rings. The van der Waals surface area contributed by atoms with E-state index in [0.717, 1.165) is 51.4 Å². The minimum atomic E-state index is -5.12. The molecule has 0 saturated carbocycles. The molecule has 14 heteroatoms. The van der Waals surface area contributed by atoms with E-state index in [1.807, 2.05) is 6.08 Å². The highest BCUT2D eigenvalue weighted by Gasteiger charge is 2.48. The largest absolute Gasteiger partial charge is 0.397 e. The summed E-state index contributed by atoms with van der Waals surface area (Å²) in [6, 6.07) is -1.12. The molecule has 7 N–H and O–H groups in total. The number of aliphatic hydroxyl groups excluding tert-OH is 5. The van der Waals surface area contributed by atoms with Crippen molar-refractivity contribution in [3.63, 3.8) is 0 Å². The molecule has 13 nitrogen and oxygen atoms in total. The normalized spacial score (nSPS) is 21.5. The fraction of sp³-hybridized carbons (Fsp3) is 0.891. The Morgan fingerprint density at radius 3 is 1.58 bits per heavy atom. The molecule has 1 saturated heterocycles. The van der Waals surface area contributed by atoms with Gasteiger partial charge in [-0.1, -0.05) is 179 Å². The maximum atomic E-state index is 13.1. The molecule has 1 aliphatic rings. The van der Waals surface area contributed by atoms with Crippen LogP contribution in [0.5, 0.6) is 0 Å². The number of carbonyl (C=O) groups is 1. The molecule has 60 heavy (non-hydrogen) atoms. The summed E-state index contributed by atoms with van der Waals surface area (Å²) in [6.45, 7) is 3.18. The SMILES string of the molecule is CCCCC/C=C\CCCCCCC(O)C(=O)NC(COC1OC(CO)C(O)C(OS(=O)(=O)O)C1O)C(O)/C=C/CCCCCCCCCCCCCCCCCCCC. The van der Waals surface area contributed by atoms with Crippen molar-refractivity contribution in [2.45, 2.75) is 249 Å². The first-order chi connectivity index (χ1) is 28.9. The summed E-state index contributed by atoms with van der Waals surface area (Å²) in [7, 11) is -5.12. The van der Waals surface area contributed by atoms with Crippen molar-refractivity contribution >= 4 is 16.3 Å². The first-order valence-corrected chi connectivity index (χ1v) is 25.2. The molecule has 8 atom stereocenters. The summed E-state index contributed by atoms with van der Waals surface area (Å²) in [5.74, 6) is -0.712. The number of rotatable bonds is 40. The summed E-state index contributed by atoms with van der Waals surface area (Å²) in [5.41, 5.74) is 0. The van der Waals surface area contributed by atoms with Gasteiger partial charge < -0.3 is 40.3 Å². The van der Waals surface area contributed by atoms with Crippen molar-refractivity contribution in [3.05, 3.63) is 24.3 Å². The van der Waals surface area contributed by atoms with Gasteiger partial charge in [0.2, 0.25) is 5.91 Å². The predicted octanol–water partition coefficient (Wildman–Crippen LogP) is 8.30. The van der Waals surface area contributed by atoms with Gasteiger partial charge in [-0.2, -0.15) is 8.42 Å². The maximum Gasteiger partial charge on any atom is 0.397 e. The lowest BCUT2D eigenvalue weighted by atomic mass is 9.99. The Kier molecular flexibility index (Phi) is 34.8. The standard InChI is InChI=1S/C46H87NO12S/c1-3-5-7-9-11-13-15-16-17-18-19-20-21-22-23-25-26-28-30-32-34-39(49)38(37-57-46-43(52)44(59-60(54,55)56)42(51)41(36-48)58-46)47-45(53)40(50)35-33-31-29-27-24-14-12-10-8-6-4-2/h12,14,32,34,38-44,46,48-52H,3-11,13,15-31,33,35-37H2,1-2H3,(H,47,53)(H,54,55,56)/b14-12-,34-32+. The number of allylic oxidation sites excluding steroid dienone is 3. The first-order valence-electron chi connectivity index (χ1n) is 23.8. The highest BCUT2D eigenvalue weighted by atomic mass is 32.3. The van der Waals surface area contributed by atoms with Gasteiger partial charge in [-0.05, 0) is 44.9 Å². The monoisotopic (exact) mass is 878 g/mol. The average molecular weight is 878 g/mol. The average Bonchev–Trinajstić information content (AvgIpc) is 3.22. The second-order valence-corrected chi connectivity index (χ2v) is 17.9. The minimum absolute atomic E-state index is 0.229. The van der Waals surface area contributed by atoms with Crippen LogP contribution in [-0.2, 0) is 28.9 Å². The van der Waals surface area contributed by atoms with Crippen molar-refractivity contribution in [2.24, 2.45) is 0 Å². The Hall–Kier alpha value is -1.46. The van der Waals surface area contributed by atoms with E-state index in [4.69, 9.17) is 9.47 Å². The Bertz CT molecular complexity index is 1190. The van der Waals surface area contributed by atoms with Gasteiger partial charge in [-0.15, -0.1) is 0 Å². The molecule has 1 rings (SSSR count). The van der Waals surface area contributed by atoms with E-state index in [1.165, 1.54) is 122 Å². The predicted molar refractivity (Wildman–Crippen MR) is 238 cm³/mol. The minimum Gasteiger partial charge on any atom is -0.394 e. The zero-order valence-electron chi connectivity index (χ0n) is 37.4. The lowest BCUT2D eigenvalue weighted by molar-refractivity contribution is -0.298. The molecule has 1 heterocycles. The van der Waals surface area contributed by atoms with Crippen molar-refractivity contribution in [1.29, 1.82) is 0 Å². The van der Waals surface area contributed by atoms with Crippen molar-refractivity contribution in [3.8, 4) is 0 Å². The van der Waals surface area contributed by atoms with Crippen molar-refractivity contribution < 1.29 is 57.0 Å². The molecule has 1 fully saturated rings. The molecule has 1 amide bonds. The fourth-order valence-corrected chi connectivity index (χ4v) is 8.02. The van der Waals surface area contributed by atoms with E-state index in [1.54, 1.807) is 0 Å².